The fourth-order valence-electron chi connectivity index (χ4n) is 3.14. The van der Waals surface area contributed by atoms with E-state index in [1.165, 1.54) is 0 Å². The van der Waals surface area contributed by atoms with E-state index in [4.69, 9.17) is 0 Å². The molecule has 2 amide bonds. The zero-order chi connectivity index (χ0) is 18.5. The number of carbonyl (C=O) groups is 2. The van der Waals surface area contributed by atoms with Crippen molar-refractivity contribution >= 4 is 27.7 Å². The average Bonchev–Trinajstić information content (AvgIpc) is 2.67. The van der Waals surface area contributed by atoms with Gasteiger partial charge in [0.05, 0.1) is 12.6 Å². The Morgan fingerprint density at radius 2 is 1.77 bits per heavy atom. The highest BCUT2D eigenvalue weighted by atomic mass is 79.9. The molecule has 6 heteroatoms. The van der Waals surface area contributed by atoms with Crippen LogP contribution in [0.2, 0.25) is 0 Å². The van der Waals surface area contributed by atoms with Crippen LogP contribution < -0.4 is 5.32 Å². The Hall–Kier alpha value is -2.18. The number of hydrogen-bond donors (Lipinski definition) is 1. The van der Waals surface area contributed by atoms with Crippen molar-refractivity contribution in [2.45, 2.75) is 6.04 Å². The minimum absolute atomic E-state index is 0.00193. The van der Waals surface area contributed by atoms with E-state index < -0.39 is 0 Å². The van der Waals surface area contributed by atoms with Crippen molar-refractivity contribution in [1.29, 1.82) is 0 Å². The lowest BCUT2D eigenvalue weighted by atomic mass is 10.0. The number of carbonyl (C=O) groups excluding carboxylic acids is 2. The van der Waals surface area contributed by atoms with Crippen molar-refractivity contribution in [3.63, 3.8) is 0 Å². The molecule has 26 heavy (non-hydrogen) atoms. The van der Waals surface area contributed by atoms with Gasteiger partial charge in [0.2, 0.25) is 5.91 Å². The fraction of sp³-hybridized carbons (Fsp3) is 0.300. The molecule has 1 N–H and O–H groups in total. The molecule has 0 aromatic heterocycles. The van der Waals surface area contributed by atoms with Gasteiger partial charge in [0.15, 0.2) is 0 Å². The van der Waals surface area contributed by atoms with E-state index in [0.717, 1.165) is 23.1 Å². The van der Waals surface area contributed by atoms with E-state index in [1.807, 2.05) is 47.4 Å². The van der Waals surface area contributed by atoms with Gasteiger partial charge in [-0.2, -0.15) is 0 Å². The number of halogens is 1. The van der Waals surface area contributed by atoms with Gasteiger partial charge in [0, 0.05) is 29.7 Å². The highest BCUT2D eigenvalue weighted by molar-refractivity contribution is 9.10. The SMILES string of the molecule is CN1CCN(C(=O)CNC(=O)c2ccc(Br)cc2)C(c2ccccc2)C1. The number of amides is 2. The molecule has 0 radical (unpaired) electrons. The standard InChI is InChI=1S/C20H22BrN3O2/c1-23-11-12-24(18(14-23)15-5-3-2-4-6-15)19(25)13-22-20(26)16-7-9-17(21)10-8-16/h2-10,18H,11-14H2,1H3,(H,22,26). The summed E-state index contributed by atoms with van der Waals surface area (Å²) in [6.07, 6.45) is 0. The minimum Gasteiger partial charge on any atom is -0.343 e. The predicted octanol–water partition coefficient (Wildman–Crippen LogP) is 2.69. The second-order valence-electron chi connectivity index (χ2n) is 6.47. The second kappa shape index (κ2) is 8.47. The van der Waals surface area contributed by atoms with E-state index in [1.54, 1.807) is 12.1 Å². The number of benzene rings is 2. The van der Waals surface area contributed by atoms with Gasteiger partial charge >= 0.3 is 0 Å². The quantitative estimate of drug-likeness (QED) is 0.834. The number of hydrogen-bond acceptors (Lipinski definition) is 3. The molecular weight excluding hydrogens is 394 g/mol. The lowest BCUT2D eigenvalue weighted by Crippen LogP contribution is -2.51. The first-order valence-electron chi connectivity index (χ1n) is 8.61. The van der Waals surface area contributed by atoms with Crippen molar-refractivity contribution in [2.24, 2.45) is 0 Å². The minimum atomic E-state index is -0.240. The molecule has 136 valence electrons. The Morgan fingerprint density at radius 3 is 2.46 bits per heavy atom. The molecule has 1 aliphatic rings. The maximum atomic E-state index is 12.8. The molecule has 0 bridgehead atoms. The summed E-state index contributed by atoms with van der Waals surface area (Å²) in [5, 5.41) is 2.74. The smallest absolute Gasteiger partial charge is 0.251 e. The van der Waals surface area contributed by atoms with Gasteiger partial charge in [-0.25, -0.2) is 0 Å². The molecule has 0 spiro atoms. The number of likely N-dealkylation sites (N-methyl/N-ethyl adjacent to an activating group) is 1. The topological polar surface area (TPSA) is 52.6 Å². The predicted molar refractivity (Wildman–Crippen MR) is 105 cm³/mol. The Bertz CT molecular complexity index is 764. The largest absolute Gasteiger partial charge is 0.343 e. The lowest BCUT2D eigenvalue weighted by molar-refractivity contribution is -0.135. The first-order valence-corrected chi connectivity index (χ1v) is 9.40. The van der Waals surface area contributed by atoms with Gasteiger partial charge < -0.3 is 15.1 Å². The van der Waals surface area contributed by atoms with Crippen molar-refractivity contribution < 1.29 is 9.59 Å². The number of piperazine rings is 1. The van der Waals surface area contributed by atoms with E-state index in [0.29, 0.717) is 12.1 Å². The summed E-state index contributed by atoms with van der Waals surface area (Å²) < 4.78 is 0.910. The summed E-state index contributed by atoms with van der Waals surface area (Å²) >= 11 is 3.35. The van der Waals surface area contributed by atoms with Gasteiger partial charge in [0.1, 0.15) is 0 Å². The Labute approximate surface area is 162 Å². The molecule has 2 aromatic carbocycles. The molecule has 1 fully saturated rings. The third-order valence-electron chi connectivity index (χ3n) is 4.59. The van der Waals surface area contributed by atoms with Crippen LogP contribution in [0.4, 0.5) is 0 Å². The molecule has 1 atom stereocenters. The third kappa shape index (κ3) is 4.51. The number of nitrogens with zero attached hydrogens (tertiary/aromatic N) is 2. The molecule has 1 saturated heterocycles. The van der Waals surface area contributed by atoms with Crippen LogP contribution in [0.15, 0.2) is 59.1 Å². The summed E-state index contributed by atoms with van der Waals surface area (Å²) in [6, 6.07) is 17.1. The summed E-state index contributed by atoms with van der Waals surface area (Å²) in [7, 11) is 2.06. The Morgan fingerprint density at radius 1 is 1.08 bits per heavy atom. The Kier molecular flexibility index (Phi) is 6.06. The van der Waals surface area contributed by atoms with Gasteiger partial charge in [0.25, 0.3) is 5.91 Å². The number of rotatable bonds is 4. The van der Waals surface area contributed by atoms with Crippen LogP contribution in [0.25, 0.3) is 0 Å². The van der Waals surface area contributed by atoms with E-state index in [-0.39, 0.29) is 24.4 Å². The first kappa shape index (κ1) is 18.6. The van der Waals surface area contributed by atoms with Gasteiger partial charge in [-0.3, -0.25) is 9.59 Å². The van der Waals surface area contributed by atoms with Crippen LogP contribution in [-0.2, 0) is 4.79 Å². The van der Waals surface area contributed by atoms with Crippen molar-refractivity contribution in [1.82, 2.24) is 15.1 Å². The Balaban J connectivity index is 1.65. The molecule has 1 aliphatic heterocycles. The molecule has 0 aliphatic carbocycles. The van der Waals surface area contributed by atoms with E-state index in [2.05, 4.69) is 33.2 Å². The fourth-order valence-corrected chi connectivity index (χ4v) is 3.40. The molecule has 2 aromatic rings. The summed E-state index contributed by atoms with van der Waals surface area (Å²) in [6.45, 7) is 2.27. The van der Waals surface area contributed by atoms with Crippen LogP contribution in [0, 0.1) is 0 Å². The molecule has 1 unspecified atom stereocenters. The maximum Gasteiger partial charge on any atom is 0.251 e. The zero-order valence-electron chi connectivity index (χ0n) is 14.7. The zero-order valence-corrected chi connectivity index (χ0v) is 16.3. The van der Waals surface area contributed by atoms with Crippen LogP contribution >= 0.6 is 15.9 Å². The van der Waals surface area contributed by atoms with Crippen LogP contribution in [0.1, 0.15) is 22.0 Å². The van der Waals surface area contributed by atoms with Gasteiger partial charge in [-0.15, -0.1) is 0 Å². The highest BCUT2D eigenvalue weighted by Crippen LogP contribution is 2.24. The molecular formula is C20H22BrN3O2. The molecule has 3 rings (SSSR count). The summed E-state index contributed by atoms with van der Waals surface area (Å²) in [5.74, 6) is -0.298. The van der Waals surface area contributed by atoms with Crippen LogP contribution in [0.5, 0.6) is 0 Å². The van der Waals surface area contributed by atoms with Gasteiger partial charge in [-0.1, -0.05) is 46.3 Å². The third-order valence-corrected chi connectivity index (χ3v) is 5.12. The molecule has 0 saturated carbocycles. The monoisotopic (exact) mass is 415 g/mol. The van der Waals surface area contributed by atoms with Crippen molar-refractivity contribution in [3.05, 3.63) is 70.2 Å². The first-order chi connectivity index (χ1) is 12.5. The number of nitrogens with one attached hydrogen (secondary N) is 1. The van der Waals surface area contributed by atoms with Gasteiger partial charge in [-0.05, 0) is 36.9 Å². The lowest BCUT2D eigenvalue weighted by Gasteiger charge is -2.40. The highest BCUT2D eigenvalue weighted by Gasteiger charge is 2.30. The van der Waals surface area contributed by atoms with E-state index in [9.17, 15) is 9.59 Å². The average molecular weight is 416 g/mol. The van der Waals surface area contributed by atoms with E-state index >= 15 is 0 Å². The maximum absolute atomic E-state index is 12.8. The molecule has 1 heterocycles. The van der Waals surface area contributed by atoms with Crippen molar-refractivity contribution in [3.8, 4) is 0 Å². The van der Waals surface area contributed by atoms with Crippen LogP contribution in [-0.4, -0.2) is 54.8 Å². The summed E-state index contributed by atoms with van der Waals surface area (Å²) in [4.78, 5) is 29.1. The second-order valence-corrected chi connectivity index (χ2v) is 7.38. The molecule has 5 nitrogen and oxygen atoms in total. The normalized spacial score (nSPS) is 17.8. The van der Waals surface area contributed by atoms with Crippen molar-refractivity contribution in [2.75, 3.05) is 33.2 Å². The van der Waals surface area contributed by atoms with Crippen LogP contribution in [0.3, 0.4) is 0 Å². The summed E-state index contributed by atoms with van der Waals surface area (Å²) in [5.41, 5.74) is 1.66.